The number of benzene rings is 1. The zero-order valence-corrected chi connectivity index (χ0v) is 18.2. The van der Waals surface area contributed by atoms with E-state index in [2.05, 4.69) is 32.5 Å². The molecule has 0 aliphatic carbocycles. The number of nitrogens with one attached hydrogen (secondary N) is 3. The molecule has 168 valence electrons. The predicted octanol–water partition coefficient (Wildman–Crippen LogP) is 0.972. The molecule has 2 aromatic rings. The van der Waals surface area contributed by atoms with Crippen LogP contribution in [0.2, 0.25) is 0 Å². The summed E-state index contributed by atoms with van der Waals surface area (Å²) in [7, 11) is -3.68. The van der Waals surface area contributed by atoms with Crippen LogP contribution < -0.4 is 10.6 Å². The Morgan fingerprint density at radius 2 is 2.09 bits per heavy atom. The minimum absolute atomic E-state index is 0.0555. The van der Waals surface area contributed by atoms with Gasteiger partial charge in [0.05, 0.1) is 16.5 Å². The van der Waals surface area contributed by atoms with Gasteiger partial charge in [-0.25, -0.2) is 13.4 Å². The van der Waals surface area contributed by atoms with Gasteiger partial charge in [-0.3, -0.25) is 14.7 Å². The summed E-state index contributed by atoms with van der Waals surface area (Å²) in [5, 5.41) is 12.0. The Kier molecular flexibility index (Phi) is 5.94. The summed E-state index contributed by atoms with van der Waals surface area (Å²) >= 11 is 0. The third-order valence-corrected chi connectivity index (χ3v) is 7.80. The first-order chi connectivity index (χ1) is 15.3. The van der Waals surface area contributed by atoms with Gasteiger partial charge < -0.3 is 10.6 Å². The molecule has 0 saturated carbocycles. The molecule has 1 atom stereocenters. The molecule has 0 radical (unpaired) electrons. The average Bonchev–Trinajstić information content (AvgIpc) is 3.52. The van der Waals surface area contributed by atoms with E-state index < -0.39 is 15.4 Å². The Morgan fingerprint density at radius 1 is 1.31 bits per heavy atom. The van der Waals surface area contributed by atoms with Gasteiger partial charge in [0.15, 0.2) is 5.82 Å². The summed E-state index contributed by atoms with van der Waals surface area (Å²) in [6.07, 6.45) is 5.68. The molecular weight excluding hydrogens is 432 g/mol. The van der Waals surface area contributed by atoms with Crippen molar-refractivity contribution in [1.82, 2.24) is 25.1 Å². The van der Waals surface area contributed by atoms with Gasteiger partial charge in [0.1, 0.15) is 0 Å². The van der Waals surface area contributed by atoms with Crippen LogP contribution in [-0.2, 0) is 26.2 Å². The van der Waals surface area contributed by atoms with Crippen LogP contribution in [0.3, 0.4) is 0 Å². The molecule has 2 aliphatic heterocycles. The fraction of sp³-hybridized carbons (Fsp3) is 0.333. The number of carbonyl (C=O) groups excluding carboxylic acids is 2. The highest BCUT2D eigenvalue weighted by Gasteiger charge is 2.50. The van der Waals surface area contributed by atoms with Crippen LogP contribution in [0.15, 0.2) is 46.4 Å². The highest BCUT2D eigenvalue weighted by molar-refractivity contribution is 7.89. The van der Waals surface area contributed by atoms with Gasteiger partial charge in [-0.15, -0.1) is 0 Å². The third-order valence-electron chi connectivity index (χ3n) is 5.94. The number of sulfonamides is 1. The Morgan fingerprint density at radius 3 is 2.78 bits per heavy atom. The minimum Gasteiger partial charge on any atom is -0.356 e. The van der Waals surface area contributed by atoms with Crippen molar-refractivity contribution >= 4 is 40.4 Å². The molecule has 11 heteroatoms. The zero-order chi connectivity index (χ0) is 22.8. The summed E-state index contributed by atoms with van der Waals surface area (Å²) in [6, 6.07) is 6.39. The quantitative estimate of drug-likeness (QED) is 0.421. The lowest BCUT2D eigenvalue weighted by Gasteiger charge is -2.21. The first-order valence-corrected chi connectivity index (χ1v) is 11.6. The molecule has 1 aromatic heterocycles. The summed E-state index contributed by atoms with van der Waals surface area (Å²) in [5.41, 5.74) is 0.808. The summed E-state index contributed by atoms with van der Waals surface area (Å²) in [6.45, 7) is 4.80. The van der Waals surface area contributed by atoms with Crippen molar-refractivity contribution in [3.05, 3.63) is 47.7 Å². The second-order valence-corrected chi connectivity index (χ2v) is 9.84. The van der Waals surface area contributed by atoms with Crippen molar-refractivity contribution in [2.75, 3.05) is 19.6 Å². The molecule has 2 amide bonds. The molecule has 2 saturated heterocycles. The molecule has 4 rings (SSSR count). The van der Waals surface area contributed by atoms with Gasteiger partial charge in [-0.1, -0.05) is 12.1 Å². The van der Waals surface area contributed by atoms with E-state index in [1.807, 2.05) is 0 Å². The molecule has 2 aliphatic rings. The topological polar surface area (TPSA) is 137 Å². The van der Waals surface area contributed by atoms with Crippen LogP contribution in [0.4, 0.5) is 5.82 Å². The third kappa shape index (κ3) is 4.21. The van der Waals surface area contributed by atoms with Crippen LogP contribution in [0.1, 0.15) is 24.0 Å². The van der Waals surface area contributed by atoms with E-state index in [0.29, 0.717) is 37.3 Å². The van der Waals surface area contributed by atoms with Gasteiger partial charge in [0.2, 0.25) is 21.8 Å². The minimum atomic E-state index is -3.68. The van der Waals surface area contributed by atoms with Crippen molar-refractivity contribution in [2.45, 2.75) is 24.3 Å². The van der Waals surface area contributed by atoms with Crippen molar-refractivity contribution in [3.63, 3.8) is 0 Å². The van der Waals surface area contributed by atoms with Crippen LogP contribution >= 0.6 is 0 Å². The molecule has 10 nitrogen and oxygen atoms in total. The largest absolute Gasteiger partial charge is 0.356 e. The Balaban J connectivity index is 1.35. The van der Waals surface area contributed by atoms with E-state index in [1.54, 1.807) is 18.2 Å². The smallest absolute Gasteiger partial charge is 0.244 e. The number of H-pyrrole nitrogens is 1. The molecule has 1 aromatic carbocycles. The zero-order valence-electron chi connectivity index (χ0n) is 17.4. The van der Waals surface area contributed by atoms with E-state index in [-0.39, 0.29) is 29.8 Å². The molecule has 2 fully saturated rings. The van der Waals surface area contributed by atoms with Crippen molar-refractivity contribution < 1.29 is 18.0 Å². The van der Waals surface area contributed by atoms with E-state index in [0.717, 1.165) is 5.56 Å². The summed E-state index contributed by atoms with van der Waals surface area (Å²) in [4.78, 5) is 28.1. The molecule has 1 spiro atoms. The number of carbonyl (C=O) groups is 2. The monoisotopic (exact) mass is 456 g/mol. The highest BCUT2D eigenvalue weighted by atomic mass is 32.2. The average molecular weight is 457 g/mol. The lowest BCUT2D eigenvalue weighted by atomic mass is 9.86. The van der Waals surface area contributed by atoms with Crippen molar-refractivity contribution in [1.29, 1.82) is 0 Å². The van der Waals surface area contributed by atoms with Gasteiger partial charge in [0.25, 0.3) is 0 Å². The van der Waals surface area contributed by atoms with Crippen LogP contribution in [-0.4, -0.2) is 61.1 Å². The number of nitrogens with zero attached hydrogens (tertiary/aromatic N) is 3. The van der Waals surface area contributed by atoms with Crippen LogP contribution in [0.5, 0.6) is 0 Å². The lowest BCUT2D eigenvalue weighted by Crippen LogP contribution is -2.36. The van der Waals surface area contributed by atoms with Gasteiger partial charge in [-0.05, 0) is 43.3 Å². The highest BCUT2D eigenvalue weighted by Crippen LogP contribution is 2.39. The van der Waals surface area contributed by atoms with Crippen LogP contribution in [0, 0.1) is 5.41 Å². The second-order valence-electron chi connectivity index (χ2n) is 7.90. The number of amides is 2. The van der Waals surface area contributed by atoms with Crippen molar-refractivity contribution in [2.24, 2.45) is 10.4 Å². The Labute approximate surface area is 185 Å². The molecular formula is C21H24N6O4S. The molecule has 1 unspecified atom stereocenters. The lowest BCUT2D eigenvalue weighted by molar-refractivity contribution is -0.126. The number of rotatable bonds is 7. The maximum Gasteiger partial charge on any atom is 0.244 e. The van der Waals surface area contributed by atoms with Crippen molar-refractivity contribution in [3.8, 4) is 0 Å². The molecule has 0 bridgehead atoms. The normalized spacial score (nSPS) is 21.3. The summed E-state index contributed by atoms with van der Waals surface area (Å²) < 4.78 is 27.4. The second kappa shape index (κ2) is 8.67. The number of aromatic amines is 1. The van der Waals surface area contributed by atoms with Gasteiger partial charge in [0, 0.05) is 37.8 Å². The SMILES string of the molecule is C=Nc1[nH]ncc1C=CC(=O)NCc1ccc(S(=O)(=O)N2CCC3(CCNC3=O)C2)cc1. The molecule has 3 N–H and O–H groups in total. The van der Waals surface area contributed by atoms with Crippen LogP contribution in [0.25, 0.3) is 6.08 Å². The molecule has 32 heavy (non-hydrogen) atoms. The first-order valence-electron chi connectivity index (χ1n) is 10.2. The first kappa shape index (κ1) is 21.9. The molecule has 3 heterocycles. The standard InChI is InChI=1S/C21H24N6O4S/c1-22-19-16(13-25-26-19)4-7-18(28)24-12-15-2-5-17(6-3-15)32(30,31)27-11-9-21(14-27)8-10-23-20(21)29/h2-7,13H,1,8-12,14H2,(H,23,29)(H,24,28)(H,25,26). The van der Waals surface area contributed by atoms with E-state index >= 15 is 0 Å². The van der Waals surface area contributed by atoms with E-state index in [4.69, 9.17) is 0 Å². The predicted molar refractivity (Wildman–Crippen MR) is 119 cm³/mol. The van der Waals surface area contributed by atoms with E-state index in [9.17, 15) is 18.0 Å². The maximum atomic E-state index is 13.0. The van der Waals surface area contributed by atoms with Gasteiger partial charge in [-0.2, -0.15) is 9.40 Å². The summed E-state index contributed by atoms with van der Waals surface area (Å²) in [5.74, 6) is 0.110. The number of aromatic nitrogens is 2. The number of hydrogen-bond donors (Lipinski definition) is 3. The number of hydrogen-bond acceptors (Lipinski definition) is 6. The Bertz CT molecular complexity index is 1170. The fourth-order valence-corrected chi connectivity index (χ4v) is 5.55. The number of aliphatic imine (C=N–C) groups is 1. The Hall–Kier alpha value is -3.31. The maximum absolute atomic E-state index is 13.0. The van der Waals surface area contributed by atoms with E-state index in [1.165, 1.54) is 28.7 Å². The van der Waals surface area contributed by atoms with Gasteiger partial charge >= 0.3 is 0 Å². The fourth-order valence-electron chi connectivity index (χ4n) is 4.02.